The van der Waals surface area contributed by atoms with Gasteiger partial charge in [-0.3, -0.25) is 0 Å². The number of likely N-dealkylation sites (N-methyl/N-ethyl adjacent to an activating group) is 1. The Balaban J connectivity index is 2.11. The first-order valence-corrected chi connectivity index (χ1v) is 5.82. The molecule has 1 atom stereocenters. The van der Waals surface area contributed by atoms with E-state index in [1.54, 1.807) is 0 Å². The van der Waals surface area contributed by atoms with E-state index < -0.39 is 11.6 Å². The van der Waals surface area contributed by atoms with Crippen LogP contribution in [0.2, 0.25) is 0 Å². The minimum atomic E-state index is -0.431. The van der Waals surface area contributed by atoms with Gasteiger partial charge in [0.2, 0.25) is 0 Å². The van der Waals surface area contributed by atoms with Gasteiger partial charge in [-0.2, -0.15) is 0 Å². The van der Waals surface area contributed by atoms with Crippen molar-refractivity contribution in [3.63, 3.8) is 0 Å². The van der Waals surface area contributed by atoms with Crippen LogP contribution in [0.4, 0.5) is 8.78 Å². The molecule has 0 aromatic heterocycles. The summed E-state index contributed by atoms with van der Waals surface area (Å²) in [7, 11) is 1.86. The van der Waals surface area contributed by atoms with E-state index in [0.29, 0.717) is 12.3 Å². The second-order valence-corrected chi connectivity index (χ2v) is 4.49. The van der Waals surface area contributed by atoms with E-state index >= 15 is 0 Å². The van der Waals surface area contributed by atoms with Gasteiger partial charge < -0.3 is 5.32 Å². The predicted octanol–water partition coefficient (Wildman–Crippen LogP) is 2.90. The van der Waals surface area contributed by atoms with Crippen LogP contribution in [0.1, 0.15) is 24.8 Å². The Hall–Kier alpha value is -0.960. The van der Waals surface area contributed by atoms with Gasteiger partial charge in [-0.1, -0.05) is 12.5 Å². The Labute approximate surface area is 94.9 Å². The lowest BCUT2D eigenvalue weighted by molar-refractivity contribution is 0.233. The number of halogens is 2. The summed E-state index contributed by atoms with van der Waals surface area (Å²) in [6.45, 7) is 0. The van der Waals surface area contributed by atoms with Gasteiger partial charge >= 0.3 is 0 Å². The number of benzene rings is 1. The molecule has 1 aromatic carbocycles. The van der Waals surface area contributed by atoms with E-state index in [0.717, 1.165) is 0 Å². The molecule has 0 radical (unpaired) electrons. The first-order valence-electron chi connectivity index (χ1n) is 5.82. The van der Waals surface area contributed by atoms with Gasteiger partial charge in [0.15, 0.2) is 0 Å². The lowest BCUT2D eigenvalue weighted by Crippen LogP contribution is -2.39. The minimum Gasteiger partial charge on any atom is -0.316 e. The van der Waals surface area contributed by atoms with Crippen molar-refractivity contribution in [2.45, 2.75) is 31.7 Å². The number of hydrogen-bond donors (Lipinski definition) is 1. The topological polar surface area (TPSA) is 12.0 Å². The molecule has 0 aliphatic heterocycles. The highest BCUT2D eigenvalue weighted by Crippen LogP contribution is 2.31. The van der Waals surface area contributed by atoms with Gasteiger partial charge in [0, 0.05) is 11.6 Å². The number of rotatable bonds is 4. The Morgan fingerprint density at radius 2 is 1.94 bits per heavy atom. The van der Waals surface area contributed by atoms with Gasteiger partial charge in [0.05, 0.1) is 0 Å². The molecule has 1 aliphatic carbocycles. The molecule has 1 fully saturated rings. The van der Waals surface area contributed by atoms with E-state index in [9.17, 15) is 8.78 Å². The third kappa shape index (κ3) is 2.24. The summed E-state index contributed by atoms with van der Waals surface area (Å²) in [6.07, 6.45) is 4.02. The second-order valence-electron chi connectivity index (χ2n) is 4.49. The van der Waals surface area contributed by atoms with Crippen LogP contribution in [-0.2, 0) is 6.42 Å². The molecule has 16 heavy (non-hydrogen) atoms. The zero-order chi connectivity index (χ0) is 11.5. The van der Waals surface area contributed by atoms with Gasteiger partial charge in [-0.05, 0) is 44.4 Å². The predicted molar refractivity (Wildman–Crippen MR) is 60.3 cm³/mol. The van der Waals surface area contributed by atoms with Gasteiger partial charge in [0.25, 0.3) is 0 Å². The summed E-state index contributed by atoms with van der Waals surface area (Å²) in [5.74, 6) is -0.289. The van der Waals surface area contributed by atoms with Crippen molar-refractivity contribution >= 4 is 0 Å². The fraction of sp³-hybridized carbons (Fsp3) is 0.538. The van der Waals surface area contributed by atoms with Crippen molar-refractivity contribution in [2.75, 3.05) is 7.05 Å². The summed E-state index contributed by atoms with van der Waals surface area (Å²) >= 11 is 0. The Bertz CT molecular complexity index is 341. The summed E-state index contributed by atoms with van der Waals surface area (Å²) < 4.78 is 26.9. The van der Waals surface area contributed by atoms with Crippen LogP contribution < -0.4 is 5.32 Å². The van der Waals surface area contributed by atoms with Crippen molar-refractivity contribution in [3.05, 3.63) is 35.4 Å². The second kappa shape index (κ2) is 4.91. The maximum absolute atomic E-state index is 13.5. The fourth-order valence-electron chi connectivity index (χ4n) is 2.29. The molecular formula is C13H17F2N. The highest BCUT2D eigenvalue weighted by Gasteiger charge is 2.27. The Morgan fingerprint density at radius 1 is 1.31 bits per heavy atom. The Kier molecular flexibility index (Phi) is 3.54. The molecule has 0 bridgehead atoms. The van der Waals surface area contributed by atoms with E-state index in [1.165, 1.54) is 37.5 Å². The smallest absolute Gasteiger partial charge is 0.129 e. The SMILES string of the molecule is CNC(Cc1c(F)cccc1F)C1CCC1. The molecule has 0 heterocycles. The molecule has 0 spiro atoms. The first kappa shape index (κ1) is 11.5. The van der Waals surface area contributed by atoms with Gasteiger partial charge in [-0.15, -0.1) is 0 Å². The third-order valence-corrected chi connectivity index (χ3v) is 3.58. The maximum atomic E-state index is 13.5. The molecular weight excluding hydrogens is 208 g/mol. The normalized spacial score (nSPS) is 18.2. The molecule has 1 saturated carbocycles. The molecule has 3 heteroatoms. The molecule has 0 amide bonds. The van der Waals surface area contributed by atoms with Crippen LogP contribution in [0.25, 0.3) is 0 Å². The van der Waals surface area contributed by atoms with E-state index in [1.807, 2.05) is 7.05 Å². The van der Waals surface area contributed by atoms with Crippen LogP contribution in [0.15, 0.2) is 18.2 Å². The lowest BCUT2D eigenvalue weighted by Gasteiger charge is -2.33. The van der Waals surface area contributed by atoms with Crippen molar-refractivity contribution in [2.24, 2.45) is 5.92 Å². The molecule has 2 rings (SSSR count). The Morgan fingerprint density at radius 3 is 2.38 bits per heavy atom. The largest absolute Gasteiger partial charge is 0.316 e. The first-order chi connectivity index (χ1) is 7.72. The molecule has 1 nitrogen and oxygen atoms in total. The van der Waals surface area contributed by atoms with Crippen molar-refractivity contribution in [1.29, 1.82) is 0 Å². The maximum Gasteiger partial charge on any atom is 0.129 e. The molecule has 1 unspecified atom stereocenters. The molecule has 1 aliphatic rings. The molecule has 88 valence electrons. The van der Waals surface area contributed by atoms with Crippen LogP contribution in [0, 0.1) is 17.6 Å². The monoisotopic (exact) mass is 225 g/mol. The highest BCUT2D eigenvalue weighted by atomic mass is 19.1. The van der Waals surface area contributed by atoms with Crippen molar-refractivity contribution in [3.8, 4) is 0 Å². The zero-order valence-corrected chi connectivity index (χ0v) is 9.47. The van der Waals surface area contributed by atoms with E-state index in [4.69, 9.17) is 0 Å². The van der Waals surface area contributed by atoms with E-state index in [-0.39, 0.29) is 11.6 Å². The van der Waals surface area contributed by atoms with E-state index in [2.05, 4.69) is 5.32 Å². The van der Waals surface area contributed by atoms with Crippen LogP contribution in [0.3, 0.4) is 0 Å². The van der Waals surface area contributed by atoms with Gasteiger partial charge in [-0.25, -0.2) is 8.78 Å². The molecule has 1 N–H and O–H groups in total. The minimum absolute atomic E-state index is 0.195. The van der Waals surface area contributed by atoms with Crippen molar-refractivity contribution < 1.29 is 8.78 Å². The summed E-state index contributed by atoms with van der Waals surface area (Å²) in [6, 6.07) is 4.25. The highest BCUT2D eigenvalue weighted by molar-refractivity contribution is 5.21. The van der Waals surface area contributed by atoms with Crippen LogP contribution in [-0.4, -0.2) is 13.1 Å². The van der Waals surface area contributed by atoms with Crippen molar-refractivity contribution in [1.82, 2.24) is 5.32 Å². The quantitative estimate of drug-likeness (QED) is 0.830. The standard InChI is InChI=1S/C13H17F2N/c1-16-13(9-4-2-5-9)8-10-11(14)6-3-7-12(10)15/h3,6-7,9,13,16H,2,4-5,8H2,1H3. The summed E-state index contributed by atoms with van der Waals surface area (Å²) in [4.78, 5) is 0. The van der Waals surface area contributed by atoms with Crippen LogP contribution in [0.5, 0.6) is 0 Å². The van der Waals surface area contributed by atoms with Crippen LogP contribution >= 0.6 is 0 Å². The third-order valence-electron chi connectivity index (χ3n) is 3.58. The fourth-order valence-corrected chi connectivity index (χ4v) is 2.29. The summed E-state index contributed by atoms with van der Waals surface area (Å²) in [5, 5.41) is 3.17. The zero-order valence-electron chi connectivity index (χ0n) is 9.47. The average molecular weight is 225 g/mol. The van der Waals surface area contributed by atoms with Gasteiger partial charge in [0.1, 0.15) is 11.6 Å². The average Bonchev–Trinajstić information content (AvgIpc) is 2.19. The number of nitrogens with one attached hydrogen (secondary N) is 1. The summed E-state index contributed by atoms with van der Waals surface area (Å²) in [5.41, 5.74) is 0.216. The lowest BCUT2D eigenvalue weighted by atomic mass is 9.77. The molecule has 0 saturated heterocycles. The number of hydrogen-bond acceptors (Lipinski definition) is 1. The molecule has 1 aromatic rings.